The number of nitrogens with one attached hydrogen (secondary N) is 1. The molecule has 0 spiro atoms. The average Bonchev–Trinajstić information content (AvgIpc) is 2.74. The maximum absolute atomic E-state index is 5.97. The van der Waals surface area contributed by atoms with Gasteiger partial charge in [-0.05, 0) is 26.4 Å². The zero-order chi connectivity index (χ0) is 11.4. The topological polar surface area (TPSA) is 41.1 Å². The Bertz CT molecular complexity index is 339. The van der Waals surface area contributed by atoms with Gasteiger partial charge in [0.15, 0.2) is 5.15 Å². The largest absolute Gasteiger partial charge is 0.313 e. The molecule has 4 nitrogen and oxygen atoms in total. The maximum atomic E-state index is 5.97. The lowest BCUT2D eigenvalue weighted by molar-refractivity contribution is 0.290. The van der Waals surface area contributed by atoms with Gasteiger partial charge in [-0.3, -0.25) is 9.88 Å². The fourth-order valence-electron chi connectivity index (χ4n) is 2.06. The molecule has 0 aromatic carbocycles. The number of halogens is 1. The molecule has 1 aromatic rings. The summed E-state index contributed by atoms with van der Waals surface area (Å²) in [5.74, 6) is 0. The number of aromatic nitrogens is 2. The Morgan fingerprint density at radius 2 is 2.31 bits per heavy atom. The van der Waals surface area contributed by atoms with Crippen LogP contribution in [0, 0.1) is 0 Å². The highest BCUT2D eigenvalue weighted by Crippen LogP contribution is 2.12. The van der Waals surface area contributed by atoms with Gasteiger partial charge >= 0.3 is 0 Å². The molecule has 1 N–H and O–H groups in total. The van der Waals surface area contributed by atoms with Gasteiger partial charge in [0.2, 0.25) is 0 Å². The molecule has 1 atom stereocenters. The van der Waals surface area contributed by atoms with Gasteiger partial charge in [0, 0.05) is 31.5 Å². The summed E-state index contributed by atoms with van der Waals surface area (Å²) in [6.07, 6.45) is 5.84. The van der Waals surface area contributed by atoms with Crippen molar-refractivity contribution >= 4 is 11.6 Å². The molecule has 0 unspecified atom stereocenters. The molecule has 88 valence electrons. The second kappa shape index (κ2) is 5.57. The molecule has 0 amide bonds. The summed E-state index contributed by atoms with van der Waals surface area (Å²) >= 11 is 5.97. The predicted octanol–water partition coefficient (Wildman–Crippen LogP) is 1.31. The minimum absolute atomic E-state index is 0.508. The molecule has 1 aliphatic heterocycles. The molecule has 1 aliphatic rings. The molecule has 16 heavy (non-hydrogen) atoms. The van der Waals surface area contributed by atoms with Crippen LogP contribution >= 0.6 is 11.6 Å². The molecule has 5 heteroatoms. The zero-order valence-electron chi connectivity index (χ0n) is 9.49. The average molecular weight is 241 g/mol. The van der Waals surface area contributed by atoms with Crippen LogP contribution in [0.15, 0.2) is 12.4 Å². The van der Waals surface area contributed by atoms with Crippen LogP contribution in [-0.4, -0.2) is 41.0 Å². The Kier molecular flexibility index (Phi) is 4.09. The predicted molar refractivity (Wildman–Crippen MR) is 64.4 cm³/mol. The first-order valence-corrected chi connectivity index (χ1v) is 6.01. The third-order valence-corrected chi connectivity index (χ3v) is 3.15. The number of rotatable bonds is 4. The van der Waals surface area contributed by atoms with Gasteiger partial charge in [-0.25, -0.2) is 4.98 Å². The van der Waals surface area contributed by atoms with Gasteiger partial charge < -0.3 is 5.32 Å². The molecule has 0 saturated carbocycles. The van der Waals surface area contributed by atoms with Crippen molar-refractivity contribution in [3.63, 3.8) is 0 Å². The van der Waals surface area contributed by atoms with E-state index < -0.39 is 0 Å². The SMILES string of the molecule is CN(Cc1nccnc1Cl)C[C@H]1CCCN1. The minimum Gasteiger partial charge on any atom is -0.313 e. The summed E-state index contributed by atoms with van der Waals surface area (Å²) in [4.78, 5) is 10.5. The van der Waals surface area contributed by atoms with E-state index in [1.165, 1.54) is 12.8 Å². The molecule has 2 rings (SSSR count). The van der Waals surface area contributed by atoms with Gasteiger partial charge in [-0.15, -0.1) is 0 Å². The van der Waals surface area contributed by atoms with E-state index in [1.54, 1.807) is 12.4 Å². The molecule has 2 heterocycles. The fraction of sp³-hybridized carbons (Fsp3) is 0.636. The monoisotopic (exact) mass is 240 g/mol. The van der Waals surface area contributed by atoms with E-state index in [-0.39, 0.29) is 0 Å². The van der Waals surface area contributed by atoms with Crippen molar-refractivity contribution in [2.24, 2.45) is 0 Å². The summed E-state index contributed by atoms with van der Waals surface area (Å²) in [5, 5.41) is 3.99. The zero-order valence-corrected chi connectivity index (χ0v) is 10.2. The van der Waals surface area contributed by atoms with E-state index in [2.05, 4.69) is 27.2 Å². The van der Waals surface area contributed by atoms with Gasteiger partial charge in [0.05, 0.1) is 5.69 Å². The van der Waals surface area contributed by atoms with Gasteiger partial charge in [0.1, 0.15) is 0 Å². The molecule has 1 fully saturated rings. The van der Waals surface area contributed by atoms with Crippen molar-refractivity contribution in [3.8, 4) is 0 Å². The smallest absolute Gasteiger partial charge is 0.151 e. The van der Waals surface area contributed by atoms with Crippen LogP contribution < -0.4 is 5.32 Å². The maximum Gasteiger partial charge on any atom is 0.151 e. The molecule has 0 radical (unpaired) electrons. The first-order chi connectivity index (χ1) is 7.75. The Hall–Kier alpha value is -0.710. The lowest BCUT2D eigenvalue weighted by Gasteiger charge is -2.20. The minimum atomic E-state index is 0.508. The normalized spacial score (nSPS) is 20.6. The van der Waals surface area contributed by atoms with Crippen molar-refractivity contribution in [1.82, 2.24) is 20.2 Å². The molecule has 1 aromatic heterocycles. The lowest BCUT2D eigenvalue weighted by Crippen LogP contribution is -2.35. The summed E-state index contributed by atoms with van der Waals surface area (Å²) in [6.45, 7) is 2.93. The Labute approximate surface area is 101 Å². The van der Waals surface area contributed by atoms with E-state index in [0.717, 1.165) is 25.3 Å². The van der Waals surface area contributed by atoms with Crippen molar-refractivity contribution < 1.29 is 0 Å². The van der Waals surface area contributed by atoms with Crippen LogP contribution in [0.1, 0.15) is 18.5 Å². The van der Waals surface area contributed by atoms with E-state index >= 15 is 0 Å². The first kappa shape index (κ1) is 11.8. The van der Waals surface area contributed by atoms with E-state index in [4.69, 9.17) is 11.6 Å². The van der Waals surface area contributed by atoms with E-state index in [0.29, 0.717) is 11.2 Å². The molecule has 1 saturated heterocycles. The second-order valence-corrected chi connectivity index (χ2v) is 4.64. The lowest BCUT2D eigenvalue weighted by atomic mass is 10.2. The standard InChI is InChI=1S/C11H17ClN4/c1-16(7-9-3-2-4-13-9)8-10-11(12)15-6-5-14-10/h5-6,9,13H,2-4,7-8H2,1H3/t9-/m1/s1. The molecular formula is C11H17ClN4. The van der Waals surface area contributed by atoms with Crippen molar-refractivity contribution in [2.75, 3.05) is 20.1 Å². The van der Waals surface area contributed by atoms with Gasteiger partial charge in [0.25, 0.3) is 0 Å². The van der Waals surface area contributed by atoms with Crippen LogP contribution in [0.3, 0.4) is 0 Å². The number of nitrogens with zero attached hydrogens (tertiary/aromatic N) is 3. The Morgan fingerprint density at radius 1 is 1.50 bits per heavy atom. The van der Waals surface area contributed by atoms with Crippen LogP contribution in [0.25, 0.3) is 0 Å². The van der Waals surface area contributed by atoms with E-state index in [9.17, 15) is 0 Å². The second-order valence-electron chi connectivity index (χ2n) is 4.28. The van der Waals surface area contributed by atoms with Gasteiger partial charge in [-0.2, -0.15) is 0 Å². The van der Waals surface area contributed by atoms with Gasteiger partial charge in [-0.1, -0.05) is 11.6 Å². The number of hydrogen-bond acceptors (Lipinski definition) is 4. The van der Waals surface area contributed by atoms with Crippen LogP contribution in [-0.2, 0) is 6.54 Å². The Balaban J connectivity index is 1.86. The van der Waals surface area contributed by atoms with Crippen molar-refractivity contribution in [2.45, 2.75) is 25.4 Å². The summed E-state index contributed by atoms with van der Waals surface area (Å²) in [7, 11) is 2.09. The summed E-state index contributed by atoms with van der Waals surface area (Å²) < 4.78 is 0. The third-order valence-electron chi connectivity index (χ3n) is 2.84. The number of likely N-dealkylation sites (N-methyl/N-ethyl adjacent to an activating group) is 1. The number of hydrogen-bond donors (Lipinski definition) is 1. The summed E-state index contributed by atoms with van der Waals surface area (Å²) in [6, 6.07) is 0.612. The van der Waals surface area contributed by atoms with Crippen molar-refractivity contribution in [1.29, 1.82) is 0 Å². The van der Waals surface area contributed by atoms with Crippen molar-refractivity contribution in [3.05, 3.63) is 23.2 Å². The third kappa shape index (κ3) is 3.14. The fourth-order valence-corrected chi connectivity index (χ4v) is 2.23. The quantitative estimate of drug-likeness (QED) is 0.862. The van der Waals surface area contributed by atoms with Crippen LogP contribution in [0.2, 0.25) is 5.15 Å². The summed E-state index contributed by atoms with van der Waals surface area (Å²) in [5.41, 5.74) is 0.852. The van der Waals surface area contributed by atoms with E-state index in [1.807, 2.05) is 0 Å². The first-order valence-electron chi connectivity index (χ1n) is 5.63. The molecule has 0 bridgehead atoms. The highest BCUT2D eigenvalue weighted by Gasteiger charge is 2.16. The Morgan fingerprint density at radius 3 is 3.00 bits per heavy atom. The van der Waals surface area contributed by atoms with Crippen LogP contribution in [0.4, 0.5) is 0 Å². The molecular weight excluding hydrogens is 224 g/mol. The molecule has 0 aliphatic carbocycles. The highest BCUT2D eigenvalue weighted by atomic mass is 35.5. The van der Waals surface area contributed by atoms with Crippen LogP contribution in [0.5, 0.6) is 0 Å². The highest BCUT2D eigenvalue weighted by molar-refractivity contribution is 6.29.